The third kappa shape index (κ3) is 2.83. The van der Waals surface area contributed by atoms with Gasteiger partial charge in [0.2, 0.25) is 5.95 Å². The number of aromatic nitrogens is 6. The van der Waals surface area contributed by atoms with Crippen LogP contribution in [0.15, 0.2) is 55.2 Å². The van der Waals surface area contributed by atoms with Crippen LogP contribution in [0.4, 0.5) is 5.95 Å². The molecule has 0 radical (unpaired) electrons. The van der Waals surface area contributed by atoms with Crippen LogP contribution in [0.2, 0.25) is 0 Å². The number of hydrogen-bond acceptors (Lipinski definition) is 5. The first kappa shape index (κ1) is 14.4. The third-order valence-corrected chi connectivity index (χ3v) is 3.93. The lowest BCUT2D eigenvalue weighted by atomic mass is 10.1. The fourth-order valence-electron chi connectivity index (χ4n) is 2.63. The monoisotopic (exact) mass is 319 g/mol. The lowest BCUT2D eigenvalue weighted by Crippen LogP contribution is -2.08. The number of aryl methyl sites for hydroxylation is 1. The molecular formula is C17H17N7. The van der Waals surface area contributed by atoms with E-state index in [1.165, 1.54) is 11.1 Å². The van der Waals surface area contributed by atoms with E-state index in [2.05, 4.69) is 37.5 Å². The van der Waals surface area contributed by atoms with Crippen LogP contribution in [0.3, 0.4) is 0 Å². The van der Waals surface area contributed by atoms with Gasteiger partial charge >= 0.3 is 0 Å². The van der Waals surface area contributed by atoms with Crippen molar-refractivity contribution >= 4 is 17.1 Å². The Morgan fingerprint density at radius 3 is 2.79 bits per heavy atom. The van der Waals surface area contributed by atoms with Gasteiger partial charge in [-0.15, -0.1) is 0 Å². The molecule has 120 valence electrons. The number of nitrogens with one attached hydrogen (secondary N) is 1. The van der Waals surface area contributed by atoms with E-state index in [0.29, 0.717) is 18.1 Å². The van der Waals surface area contributed by atoms with E-state index >= 15 is 0 Å². The average molecular weight is 319 g/mol. The maximum absolute atomic E-state index is 4.44. The van der Waals surface area contributed by atoms with E-state index < -0.39 is 0 Å². The molecule has 7 heteroatoms. The Kier molecular flexibility index (Phi) is 3.66. The summed E-state index contributed by atoms with van der Waals surface area (Å²) >= 11 is 0. The van der Waals surface area contributed by atoms with Gasteiger partial charge in [0.15, 0.2) is 5.65 Å². The Bertz CT molecular complexity index is 956. The highest BCUT2D eigenvalue weighted by Crippen LogP contribution is 2.14. The van der Waals surface area contributed by atoms with Crippen molar-refractivity contribution in [2.24, 2.45) is 7.05 Å². The van der Waals surface area contributed by atoms with E-state index in [1.807, 2.05) is 40.7 Å². The Morgan fingerprint density at radius 1 is 1.08 bits per heavy atom. The standard InChI is InChI=1S/C17H17N7/c1-23-12-20-16-15(23)10-19-17(22-16)18-9-13-5-2-3-6-14(13)11-24-8-4-7-21-24/h2-8,10,12H,9,11H2,1H3,(H,18,19,22). The predicted octanol–water partition coefficient (Wildman–Crippen LogP) is 2.22. The molecule has 0 spiro atoms. The van der Waals surface area contributed by atoms with Crippen LogP contribution in [-0.2, 0) is 20.1 Å². The largest absolute Gasteiger partial charge is 0.350 e. The van der Waals surface area contributed by atoms with E-state index in [4.69, 9.17) is 0 Å². The summed E-state index contributed by atoms with van der Waals surface area (Å²) in [6.45, 7) is 1.39. The molecule has 0 fully saturated rings. The van der Waals surface area contributed by atoms with Gasteiger partial charge in [-0.1, -0.05) is 24.3 Å². The number of rotatable bonds is 5. The average Bonchev–Trinajstić information content (AvgIpc) is 3.24. The van der Waals surface area contributed by atoms with Gasteiger partial charge in [-0.3, -0.25) is 4.68 Å². The molecule has 0 aliphatic carbocycles. The fourth-order valence-corrected chi connectivity index (χ4v) is 2.63. The molecule has 3 aromatic heterocycles. The number of nitrogens with zero attached hydrogens (tertiary/aromatic N) is 6. The first-order valence-corrected chi connectivity index (χ1v) is 7.72. The number of hydrogen-bond donors (Lipinski definition) is 1. The molecule has 0 aliphatic rings. The molecule has 4 aromatic rings. The van der Waals surface area contributed by atoms with Gasteiger partial charge in [-0.05, 0) is 17.2 Å². The molecule has 3 heterocycles. The molecule has 4 rings (SSSR count). The van der Waals surface area contributed by atoms with Crippen molar-refractivity contribution in [3.8, 4) is 0 Å². The Labute approximate surface area is 139 Å². The molecule has 7 nitrogen and oxygen atoms in total. The normalized spacial score (nSPS) is 11.0. The molecule has 0 atom stereocenters. The van der Waals surface area contributed by atoms with E-state index in [9.17, 15) is 0 Å². The lowest BCUT2D eigenvalue weighted by Gasteiger charge is -2.11. The van der Waals surface area contributed by atoms with Crippen molar-refractivity contribution in [3.05, 3.63) is 66.4 Å². The minimum Gasteiger partial charge on any atom is -0.350 e. The van der Waals surface area contributed by atoms with Crippen molar-refractivity contribution in [2.75, 3.05) is 5.32 Å². The fraction of sp³-hybridized carbons (Fsp3) is 0.176. The van der Waals surface area contributed by atoms with Gasteiger partial charge in [-0.2, -0.15) is 10.1 Å². The van der Waals surface area contributed by atoms with Crippen LogP contribution < -0.4 is 5.32 Å². The van der Waals surface area contributed by atoms with Crippen molar-refractivity contribution in [3.63, 3.8) is 0 Å². The van der Waals surface area contributed by atoms with Gasteiger partial charge in [0.05, 0.1) is 19.1 Å². The SMILES string of the molecule is Cn1cnc2nc(NCc3ccccc3Cn3cccn3)ncc21. The van der Waals surface area contributed by atoms with E-state index in [-0.39, 0.29) is 0 Å². The summed E-state index contributed by atoms with van der Waals surface area (Å²) in [7, 11) is 1.93. The van der Waals surface area contributed by atoms with Crippen molar-refractivity contribution in [1.29, 1.82) is 0 Å². The molecule has 0 aliphatic heterocycles. The van der Waals surface area contributed by atoms with Gasteiger partial charge in [0, 0.05) is 26.0 Å². The number of benzene rings is 1. The second kappa shape index (κ2) is 6.11. The topological polar surface area (TPSA) is 73.5 Å². The molecule has 24 heavy (non-hydrogen) atoms. The number of fused-ring (bicyclic) bond motifs is 1. The lowest BCUT2D eigenvalue weighted by molar-refractivity contribution is 0.682. The van der Waals surface area contributed by atoms with Crippen LogP contribution in [0.1, 0.15) is 11.1 Å². The molecule has 0 amide bonds. The molecule has 0 saturated carbocycles. The zero-order valence-electron chi connectivity index (χ0n) is 13.3. The Hall–Kier alpha value is -3.22. The molecule has 1 N–H and O–H groups in total. The van der Waals surface area contributed by atoms with E-state index in [1.54, 1.807) is 18.7 Å². The quantitative estimate of drug-likeness (QED) is 0.610. The highest BCUT2D eigenvalue weighted by molar-refractivity contribution is 5.70. The molecular weight excluding hydrogens is 302 g/mol. The predicted molar refractivity (Wildman–Crippen MR) is 91.4 cm³/mol. The molecule has 1 aromatic carbocycles. The van der Waals surface area contributed by atoms with Gasteiger partial charge in [0.1, 0.15) is 5.52 Å². The van der Waals surface area contributed by atoms with E-state index in [0.717, 1.165) is 12.1 Å². The molecule has 0 saturated heterocycles. The summed E-state index contributed by atoms with van der Waals surface area (Å²) < 4.78 is 3.81. The minimum atomic E-state index is 0.579. The summed E-state index contributed by atoms with van der Waals surface area (Å²) in [5.74, 6) is 0.579. The maximum Gasteiger partial charge on any atom is 0.225 e. The second-order valence-corrected chi connectivity index (χ2v) is 5.58. The summed E-state index contributed by atoms with van der Waals surface area (Å²) in [6.07, 6.45) is 7.27. The molecule has 0 bridgehead atoms. The Morgan fingerprint density at radius 2 is 1.96 bits per heavy atom. The molecule has 0 unspecified atom stereocenters. The first-order valence-electron chi connectivity index (χ1n) is 7.72. The van der Waals surface area contributed by atoms with Crippen LogP contribution in [0.5, 0.6) is 0 Å². The van der Waals surface area contributed by atoms with Gasteiger partial charge in [-0.25, -0.2) is 9.97 Å². The number of anilines is 1. The first-order chi connectivity index (χ1) is 11.8. The van der Waals surface area contributed by atoms with Gasteiger partial charge in [0.25, 0.3) is 0 Å². The highest BCUT2D eigenvalue weighted by Gasteiger charge is 2.06. The smallest absolute Gasteiger partial charge is 0.225 e. The van der Waals surface area contributed by atoms with Crippen LogP contribution in [-0.4, -0.2) is 29.3 Å². The summed E-state index contributed by atoms with van der Waals surface area (Å²) in [5, 5.41) is 7.55. The zero-order chi connectivity index (χ0) is 16.4. The summed E-state index contributed by atoms with van der Waals surface area (Å²) in [4.78, 5) is 13.1. The summed E-state index contributed by atoms with van der Waals surface area (Å²) in [5.41, 5.74) is 4.02. The number of imidazole rings is 1. The highest BCUT2D eigenvalue weighted by atomic mass is 15.3. The van der Waals surface area contributed by atoms with Crippen LogP contribution in [0, 0.1) is 0 Å². The van der Waals surface area contributed by atoms with Crippen LogP contribution >= 0.6 is 0 Å². The van der Waals surface area contributed by atoms with Crippen molar-refractivity contribution in [2.45, 2.75) is 13.1 Å². The minimum absolute atomic E-state index is 0.579. The second-order valence-electron chi connectivity index (χ2n) is 5.58. The Balaban J connectivity index is 1.52. The zero-order valence-corrected chi connectivity index (χ0v) is 13.3. The van der Waals surface area contributed by atoms with Crippen molar-refractivity contribution in [1.82, 2.24) is 29.3 Å². The maximum atomic E-state index is 4.44. The van der Waals surface area contributed by atoms with Crippen LogP contribution in [0.25, 0.3) is 11.2 Å². The van der Waals surface area contributed by atoms with Crippen molar-refractivity contribution < 1.29 is 0 Å². The third-order valence-electron chi connectivity index (χ3n) is 3.93. The van der Waals surface area contributed by atoms with Gasteiger partial charge < -0.3 is 9.88 Å². The summed E-state index contributed by atoms with van der Waals surface area (Å²) in [6, 6.07) is 10.2.